The highest BCUT2D eigenvalue weighted by atomic mass is 16.5. The Kier molecular flexibility index (Phi) is 5.37. The summed E-state index contributed by atoms with van der Waals surface area (Å²) in [6.07, 6.45) is 4.00. The Balaban J connectivity index is 1.87. The zero-order valence-electron chi connectivity index (χ0n) is 15.8. The summed E-state index contributed by atoms with van der Waals surface area (Å²) in [4.78, 5) is 15.7. The first kappa shape index (κ1) is 18.1. The second-order valence-electron chi connectivity index (χ2n) is 6.53. The highest BCUT2D eigenvalue weighted by molar-refractivity contribution is 5.59. The predicted molar refractivity (Wildman–Crippen MR) is 105 cm³/mol. The number of ether oxygens (including phenoxy) is 1. The van der Waals surface area contributed by atoms with Gasteiger partial charge in [-0.3, -0.25) is 4.99 Å². The van der Waals surface area contributed by atoms with Crippen molar-refractivity contribution < 1.29 is 4.74 Å². The maximum Gasteiger partial charge on any atom is 0.136 e. The van der Waals surface area contributed by atoms with Crippen molar-refractivity contribution in [2.45, 2.75) is 33.0 Å². The molecule has 7 nitrogen and oxygen atoms in total. The molecule has 2 aromatic heterocycles. The van der Waals surface area contributed by atoms with Crippen LogP contribution in [-0.2, 0) is 4.74 Å². The van der Waals surface area contributed by atoms with Crippen LogP contribution in [0, 0.1) is 6.92 Å². The summed E-state index contributed by atoms with van der Waals surface area (Å²) in [5, 5.41) is 3.36. The Labute approximate surface area is 154 Å². The second kappa shape index (κ2) is 7.70. The molecule has 1 fully saturated rings. The molecule has 1 aliphatic heterocycles. The monoisotopic (exact) mass is 354 g/mol. The molecule has 0 radical (unpaired) electrons. The van der Waals surface area contributed by atoms with Crippen molar-refractivity contribution in [2.24, 2.45) is 4.99 Å². The molecule has 26 heavy (non-hydrogen) atoms. The number of anilines is 3. The van der Waals surface area contributed by atoms with Crippen LogP contribution in [0.3, 0.4) is 0 Å². The van der Waals surface area contributed by atoms with Crippen LogP contribution in [0.2, 0.25) is 0 Å². The van der Waals surface area contributed by atoms with Gasteiger partial charge in [0.15, 0.2) is 0 Å². The van der Waals surface area contributed by atoms with E-state index < -0.39 is 0 Å². The minimum absolute atomic E-state index is 0.183. The molecule has 1 saturated heterocycles. The molecule has 3 heterocycles. The molecule has 0 unspecified atom stereocenters. The largest absolute Gasteiger partial charge is 0.372 e. The summed E-state index contributed by atoms with van der Waals surface area (Å²) < 4.78 is 7.68. The van der Waals surface area contributed by atoms with Gasteiger partial charge in [0.2, 0.25) is 0 Å². The highest BCUT2D eigenvalue weighted by Crippen LogP contribution is 2.22. The number of morpholine rings is 1. The van der Waals surface area contributed by atoms with Crippen molar-refractivity contribution in [3.63, 3.8) is 0 Å². The Morgan fingerprint density at radius 2 is 2.00 bits per heavy atom. The fraction of sp³-hybridized carbons (Fsp3) is 0.421. The average molecular weight is 354 g/mol. The molecule has 0 aromatic carbocycles. The SMILES string of the molecule is C=Cn1ccc(Nc2cc(N3C[C@@H](C)O[C@@H](C)C3)nc(C)n2)cc1=NC. The van der Waals surface area contributed by atoms with Crippen LogP contribution in [0.5, 0.6) is 0 Å². The summed E-state index contributed by atoms with van der Waals surface area (Å²) in [6, 6.07) is 5.90. The van der Waals surface area contributed by atoms with E-state index in [-0.39, 0.29) is 12.2 Å². The van der Waals surface area contributed by atoms with Gasteiger partial charge >= 0.3 is 0 Å². The van der Waals surface area contributed by atoms with Crippen LogP contribution in [-0.4, -0.2) is 46.9 Å². The Morgan fingerprint density at radius 1 is 1.27 bits per heavy atom. The van der Waals surface area contributed by atoms with Crippen LogP contribution >= 0.6 is 0 Å². The Morgan fingerprint density at radius 3 is 2.65 bits per heavy atom. The van der Waals surface area contributed by atoms with E-state index in [0.29, 0.717) is 0 Å². The second-order valence-corrected chi connectivity index (χ2v) is 6.53. The fourth-order valence-electron chi connectivity index (χ4n) is 3.20. The molecule has 0 saturated carbocycles. The van der Waals surface area contributed by atoms with Gasteiger partial charge in [-0.15, -0.1) is 0 Å². The number of hydrogen-bond acceptors (Lipinski definition) is 6. The first-order valence-electron chi connectivity index (χ1n) is 8.79. The summed E-state index contributed by atoms with van der Waals surface area (Å²) in [6.45, 7) is 11.5. The van der Waals surface area contributed by atoms with E-state index >= 15 is 0 Å². The van der Waals surface area contributed by atoms with Crippen LogP contribution in [0.1, 0.15) is 19.7 Å². The number of nitrogens with one attached hydrogen (secondary N) is 1. The standard InChI is InChI=1S/C19H26N6O/c1-6-24-8-7-16(9-18(24)20-5)23-17-10-19(22-15(4)21-17)25-11-13(2)26-14(3)12-25/h6-10,13-14H,1,11-12H2,2-5H3,(H,21,22,23)/t13-,14+. The van der Waals surface area contributed by atoms with E-state index in [0.717, 1.165) is 41.7 Å². The lowest BCUT2D eigenvalue weighted by atomic mass is 10.2. The van der Waals surface area contributed by atoms with E-state index in [1.807, 2.05) is 35.9 Å². The lowest BCUT2D eigenvalue weighted by molar-refractivity contribution is -0.00547. The van der Waals surface area contributed by atoms with Crippen LogP contribution in [0.4, 0.5) is 17.3 Å². The average Bonchev–Trinajstić information content (AvgIpc) is 2.60. The van der Waals surface area contributed by atoms with Gasteiger partial charge in [-0.25, -0.2) is 9.97 Å². The van der Waals surface area contributed by atoms with Gasteiger partial charge < -0.3 is 19.5 Å². The van der Waals surface area contributed by atoms with Gasteiger partial charge in [-0.05, 0) is 26.8 Å². The molecule has 1 N–H and O–H groups in total. The zero-order chi connectivity index (χ0) is 18.7. The number of hydrogen-bond donors (Lipinski definition) is 1. The third-order valence-corrected chi connectivity index (χ3v) is 4.23. The number of pyridine rings is 1. The van der Waals surface area contributed by atoms with Crippen LogP contribution in [0.15, 0.2) is 36.0 Å². The first-order chi connectivity index (χ1) is 12.5. The normalized spacial score (nSPS) is 20.9. The third kappa shape index (κ3) is 4.11. The molecular formula is C19H26N6O. The van der Waals surface area contributed by atoms with Gasteiger partial charge in [0.1, 0.15) is 22.9 Å². The molecule has 7 heteroatoms. The molecule has 138 valence electrons. The van der Waals surface area contributed by atoms with Crippen molar-refractivity contribution in [3.8, 4) is 0 Å². The van der Waals surface area contributed by atoms with E-state index in [2.05, 4.69) is 45.6 Å². The summed E-state index contributed by atoms with van der Waals surface area (Å²) in [5.74, 6) is 2.41. The van der Waals surface area contributed by atoms with Gasteiger partial charge in [0, 0.05) is 50.4 Å². The van der Waals surface area contributed by atoms with E-state index in [1.165, 1.54) is 0 Å². The van der Waals surface area contributed by atoms with E-state index in [9.17, 15) is 0 Å². The number of nitrogens with zero attached hydrogens (tertiary/aromatic N) is 5. The topological polar surface area (TPSA) is 67.6 Å². The summed E-state index contributed by atoms with van der Waals surface area (Å²) >= 11 is 0. The smallest absolute Gasteiger partial charge is 0.136 e. The van der Waals surface area contributed by atoms with E-state index in [1.54, 1.807) is 13.2 Å². The Hall–Kier alpha value is -2.67. The molecule has 2 atom stereocenters. The third-order valence-electron chi connectivity index (χ3n) is 4.23. The van der Waals surface area contributed by atoms with Crippen molar-refractivity contribution in [1.82, 2.24) is 14.5 Å². The molecule has 0 aliphatic carbocycles. The molecule has 1 aliphatic rings. The molecule has 3 rings (SSSR count). The van der Waals surface area contributed by atoms with Crippen molar-refractivity contribution in [1.29, 1.82) is 0 Å². The van der Waals surface area contributed by atoms with Gasteiger partial charge in [-0.1, -0.05) is 6.58 Å². The van der Waals surface area contributed by atoms with Gasteiger partial charge in [-0.2, -0.15) is 0 Å². The van der Waals surface area contributed by atoms with Gasteiger partial charge in [0.25, 0.3) is 0 Å². The maximum atomic E-state index is 5.82. The lowest BCUT2D eigenvalue weighted by Gasteiger charge is -2.36. The zero-order valence-corrected chi connectivity index (χ0v) is 15.8. The fourth-order valence-corrected chi connectivity index (χ4v) is 3.20. The number of aromatic nitrogens is 3. The number of aryl methyl sites for hydroxylation is 1. The van der Waals surface area contributed by atoms with Crippen LogP contribution in [0.25, 0.3) is 6.20 Å². The lowest BCUT2D eigenvalue weighted by Crippen LogP contribution is -2.45. The molecule has 0 amide bonds. The summed E-state index contributed by atoms with van der Waals surface area (Å²) in [5.41, 5.74) is 1.73. The quantitative estimate of drug-likeness (QED) is 0.914. The predicted octanol–water partition coefficient (Wildman–Crippen LogP) is 2.57. The van der Waals surface area contributed by atoms with Crippen LogP contribution < -0.4 is 15.7 Å². The highest BCUT2D eigenvalue weighted by Gasteiger charge is 2.23. The van der Waals surface area contributed by atoms with Gasteiger partial charge in [0.05, 0.1) is 12.2 Å². The molecular weight excluding hydrogens is 328 g/mol. The van der Waals surface area contributed by atoms with E-state index in [4.69, 9.17) is 4.74 Å². The molecule has 0 bridgehead atoms. The minimum atomic E-state index is 0.183. The van der Waals surface area contributed by atoms with Crippen molar-refractivity contribution in [2.75, 3.05) is 30.4 Å². The minimum Gasteiger partial charge on any atom is -0.372 e. The molecule has 2 aromatic rings. The van der Waals surface area contributed by atoms with Crippen molar-refractivity contribution >= 4 is 23.5 Å². The summed E-state index contributed by atoms with van der Waals surface area (Å²) in [7, 11) is 1.76. The number of rotatable bonds is 4. The first-order valence-corrected chi connectivity index (χ1v) is 8.79. The maximum absolute atomic E-state index is 5.82. The van der Waals surface area contributed by atoms with Crippen molar-refractivity contribution in [3.05, 3.63) is 42.3 Å². The Bertz CT molecular complexity index is 849. The molecule has 0 spiro atoms.